The molecule has 194 valence electrons. The summed E-state index contributed by atoms with van der Waals surface area (Å²) in [4.78, 5) is 54.6. The van der Waals surface area contributed by atoms with Gasteiger partial charge in [0.1, 0.15) is 5.84 Å². The topological polar surface area (TPSA) is 191 Å². The first kappa shape index (κ1) is 26.0. The zero-order chi connectivity index (χ0) is 26.9. The Labute approximate surface area is 213 Å². The van der Waals surface area contributed by atoms with Gasteiger partial charge in [-0.25, -0.2) is 4.79 Å². The van der Waals surface area contributed by atoms with Gasteiger partial charge in [0, 0.05) is 31.1 Å². The normalized spacial score (nSPS) is 25.3. The van der Waals surface area contributed by atoms with Crippen LogP contribution < -0.4 is 11.5 Å². The van der Waals surface area contributed by atoms with E-state index in [4.69, 9.17) is 16.9 Å². The van der Waals surface area contributed by atoms with Crippen molar-refractivity contribution in [1.29, 1.82) is 5.41 Å². The number of amidine groups is 1. The second-order valence-corrected chi connectivity index (χ2v) is 9.29. The highest BCUT2D eigenvalue weighted by atomic mass is 16.4. The van der Waals surface area contributed by atoms with Crippen molar-refractivity contribution in [3.8, 4) is 0 Å². The zero-order valence-corrected chi connectivity index (χ0v) is 20.0. The molecule has 3 amide bonds. The van der Waals surface area contributed by atoms with E-state index in [0.29, 0.717) is 12.0 Å². The first-order chi connectivity index (χ1) is 17.6. The van der Waals surface area contributed by atoms with Gasteiger partial charge in [0.05, 0.1) is 18.4 Å². The van der Waals surface area contributed by atoms with E-state index < -0.39 is 53.7 Å². The number of primary amides is 1. The molecule has 11 heteroatoms. The Morgan fingerprint density at radius 1 is 0.973 bits per heavy atom. The molecule has 0 aliphatic carbocycles. The number of carboxylic acid groups (broad SMARTS) is 1. The molecule has 2 heterocycles. The van der Waals surface area contributed by atoms with Crippen molar-refractivity contribution >= 4 is 29.5 Å². The number of fused-ring (bicyclic) bond motifs is 1. The zero-order valence-electron chi connectivity index (χ0n) is 20.0. The lowest BCUT2D eigenvalue weighted by Crippen LogP contribution is -2.57. The maximum Gasteiger partial charge on any atom is 0.329 e. The van der Waals surface area contributed by atoms with E-state index in [-0.39, 0.29) is 30.9 Å². The summed E-state index contributed by atoms with van der Waals surface area (Å²) in [7, 11) is 0. The number of nitrogens with one attached hydrogen (secondary N) is 1. The Hall–Kier alpha value is -4.09. The molecular weight excluding hydrogens is 478 g/mol. The van der Waals surface area contributed by atoms with Gasteiger partial charge in [-0.05, 0) is 17.5 Å². The Morgan fingerprint density at radius 2 is 1.62 bits per heavy atom. The molecule has 4 unspecified atom stereocenters. The second-order valence-electron chi connectivity index (χ2n) is 9.29. The lowest BCUT2D eigenvalue weighted by molar-refractivity contribution is -0.160. The van der Waals surface area contributed by atoms with Gasteiger partial charge in [0.25, 0.3) is 0 Å². The van der Waals surface area contributed by atoms with Crippen LogP contribution in [-0.4, -0.2) is 75.3 Å². The van der Waals surface area contributed by atoms with E-state index in [2.05, 4.69) is 0 Å². The highest BCUT2D eigenvalue weighted by Gasteiger charge is 2.72. The molecule has 4 atom stereocenters. The quantitative estimate of drug-likeness (QED) is 0.164. The molecule has 2 aromatic carbocycles. The number of rotatable bonds is 10. The number of hydrogen-bond acceptors (Lipinski definition) is 7. The van der Waals surface area contributed by atoms with Crippen molar-refractivity contribution in [3.05, 3.63) is 71.3 Å². The third kappa shape index (κ3) is 4.25. The lowest BCUT2D eigenvalue weighted by atomic mass is 9.75. The van der Waals surface area contributed by atoms with Crippen LogP contribution in [0.1, 0.15) is 23.1 Å². The van der Waals surface area contributed by atoms with E-state index in [1.807, 2.05) is 30.3 Å². The van der Waals surface area contributed by atoms with Crippen LogP contribution in [-0.2, 0) is 31.1 Å². The highest BCUT2D eigenvalue weighted by Crippen LogP contribution is 2.54. The molecule has 2 aliphatic heterocycles. The van der Waals surface area contributed by atoms with Crippen molar-refractivity contribution in [2.45, 2.75) is 24.4 Å². The molecule has 2 saturated heterocycles. The van der Waals surface area contributed by atoms with Crippen molar-refractivity contribution in [2.75, 3.05) is 19.7 Å². The Balaban J connectivity index is 1.82. The molecule has 4 rings (SSSR count). The minimum atomic E-state index is -2.06. The predicted molar refractivity (Wildman–Crippen MR) is 132 cm³/mol. The van der Waals surface area contributed by atoms with Gasteiger partial charge >= 0.3 is 5.97 Å². The van der Waals surface area contributed by atoms with E-state index >= 15 is 0 Å². The monoisotopic (exact) mass is 507 g/mol. The van der Waals surface area contributed by atoms with Gasteiger partial charge in [0.15, 0.2) is 5.54 Å². The molecule has 0 bridgehead atoms. The number of nitrogen functional groups attached to an aromatic ring is 1. The Bertz CT molecular complexity index is 1230. The van der Waals surface area contributed by atoms with E-state index in [0.717, 1.165) is 10.5 Å². The summed E-state index contributed by atoms with van der Waals surface area (Å²) in [6, 6.07) is 14.1. The number of aliphatic hydroxyl groups is 1. The van der Waals surface area contributed by atoms with Crippen molar-refractivity contribution in [3.63, 3.8) is 0 Å². The van der Waals surface area contributed by atoms with Crippen LogP contribution in [0.15, 0.2) is 54.6 Å². The summed E-state index contributed by atoms with van der Waals surface area (Å²) >= 11 is 0. The first-order valence-electron chi connectivity index (χ1n) is 11.9. The summed E-state index contributed by atoms with van der Waals surface area (Å²) in [5, 5.41) is 28.7. The number of nitrogens with zero attached hydrogens (tertiary/aromatic N) is 2. The number of carboxylic acids is 1. The van der Waals surface area contributed by atoms with Crippen LogP contribution >= 0.6 is 0 Å². The standard InChI is InChI=1S/C26H29N5O6/c27-19(33)11-13-31-18(14-32)20-21(24(35)30(23(20)34)12-10-15-4-2-1-3-5-15)26(31,25(36)37)17-8-6-16(7-9-17)22(28)29/h1-9,18,20-21,32H,10-14H2,(H2,27,33)(H3,28,29)(H,36,37). The largest absolute Gasteiger partial charge is 0.480 e. The molecule has 7 N–H and O–H groups in total. The average Bonchev–Trinajstić information content (AvgIpc) is 3.31. The fourth-order valence-electron chi connectivity index (χ4n) is 5.73. The summed E-state index contributed by atoms with van der Waals surface area (Å²) < 4.78 is 0. The van der Waals surface area contributed by atoms with Crippen molar-refractivity contribution in [1.82, 2.24) is 9.80 Å². The highest BCUT2D eigenvalue weighted by molar-refractivity contribution is 6.09. The summed E-state index contributed by atoms with van der Waals surface area (Å²) in [6.07, 6.45) is 0.150. The molecule has 11 nitrogen and oxygen atoms in total. The number of likely N-dealkylation sites (tertiary alicyclic amines) is 2. The molecule has 0 radical (unpaired) electrons. The van der Waals surface area contributed by atoms with Crippen molar-refractivity contribution in [2.24, 2.45) is 23.3 Å². The van der Waals surface area contributed by atoms with Gasteiger partial charge in [-0.2, -0.15) is 0 Å². The van der Waals surface area contributed by atoms with Crippen LogP contribution in [0.25, 0.3) is 0 Å². The molecule has 0 aromatic heterocycles. The fourth-order valence-corrected chi connectivity index (χ4v) is 5.73. The van der Waals surface area contributed by atoms with Gasteiger partial charge < -0.3 is 21.7 Å². The minimum absolute atomic E-state index is 0.0626. The third-order valence-corrected chi connectivity index (χ3v) is 7.38. The van der Waals surface area contributed by atoms with Crippen LogP contribution in [0.2, 0.25) is 0 Å². The average molecular weight is 508 g/mol. The Morgan fingerprint density at radius 3 is 2.16 bits per heavy atom. The van der Waals surface area contributed by atoms with E-state index in [9.17, 15) is 29.4 Å². The Kier molecular flexibility index (Phi) is 7.10. The van der Waals surface area contributed by atoms with Gasteiger partial charge in [-0.1, -0.05) is 54.6 Å². The SMILES string of the molecule is N=C(N)c1ccc(C2(C(=O)O)C3C(=O)N(CCc4ccccc4)C(=O)C3C(CO)N2CCC(N)=O)cc1. The molecule has 0 saturated carbocycles. The molecule has 2 aromatic rings. The number of carbonyl (C=O) groups excluding carboxylic acids is 3. The minimum Gasteiger partial charge on any atom is -0.480 e. The number of benzene rings is 2. The summed E-state index contributed by atoms with van der Waals surface area (Å²) in [5.41, 5.74) is 10.3. The van der Waals surface area contributed by atoms with Crippen LogP contribution in [0, 0.1) is 17.2 Å². The third-order valence-electron chi connectivity index (χ3n) is 7.38. The van der Waals surface area contributed by atoms with Crippen LogP contribution in [0.3, 0.4) is 0 Å². The van der Waals surface area contributed by atoms with Gasteiger partial charge in [-0.15, -0.1) is 0 Å². The summed E-state index contributed by atoms with van der Waals surface area (Å²) in [5.74, 6) is -6.00. The molecule has 37 heavy (non-hydrogen) atoms. The number of nitrogens with two attached hydrogens (primary N) is 2. The molecule has 2 fully saturated rings. The van der Waals surface area contributed by atoms with E-state index in [1.54, 1.807) is 0 Å². The van der Waals surface area contributed by atoms with Gasteiger partial charge in [-0.3, -0.25) is 29.6 Å². The first-order valence-corrected chi connectivity index (χ1v) is 11.9. The maximum absolute atomic E-state index is 13.8. The second kappa shape index (κ2) is 10.1. The smallest absolute Gasteiger partial charge is 0.329 e. The predicted octanol–water partition coefficient (Wildman–Crippen LogP) is -0.354. The lowest BCUT2D eigenvalue weighted by Gasteiger charge is -2.40. The number of amides is 3. The maximum atomic E-state index is 13.8. The van der Waals surface area contributed by atoms with Crippen molar-refractivity contribution < 1.29 is 29.4 Å². The molecule has 2 aliphatic rings. The number of imide groups is 1. The van der Waals surface area contributed by atoms with Crippen LogP contribution in [0.5, 0.6) is 0 Å². The van der Waals surface area contributed by atoms with E-state index in [1.165, 1.54) is 29.2 Å². The summed E-state index contributed by atoms with van der Waals surface area (Å²) in [6.45, 7) is -0.724. The van der Waals surface area contributed by atoms with Gasteiger partial charge in [0.2, 0.25) is 17.7 Å². The van der Waals surface area contributed by atoms with Crippen LogP contribution in [0.4, 0.5) is 0 Å². The number of aliphatic carboxylic acids is 1. The number of aliphatic hydroxyl groups excluding tert-OH is 1. The molecular formula is C26H29N5O6. The fraction of sp³-hybridized carbons (Fsp3) is 0.346. The molecule has 0 spiro atoms. The number of carbonyl (C=O) groups is 4. The number of hydrogen-bond donors (Lipinski definition) is 5.